The van der Waals surface area contributed by atoms with Gasteiger partial charge in [0.05, 0.1) is 10.7 Å². The van der Waals surface area contributed by atoms with Gasteiger partial charge >= 0.3 is 6.03 Å². The number of hydrogen-bond acceptors (Lipinski definition) is 2. The van der Waals surface area contributed by atoms with Crippen LogP contribution in [0.4, 0.5) is 10.5 Å². The average molecular weight is 283 g/mol. The number of rotatable bonds is 3. The van der Waals surface area contributed by atoms with Crippen LogP contribution in [0.3, 0.4) is 0 Å². The van der Waals surface area contributed by atoms with E-state index in [0.29, 0.717) is 23.2 Å². The molecule has 0 saturated carbocycles. The van der Waals surface area contributed by atoms with Gasteiger partial charge < -0.3 is 15.3 Å². The number of nitrogens with zero attached hydrogens (tertiary/aromatic N) is 1. The lowest BCUT2D eigenvalue weighted by Gasteiger charge is -2.32. The van der Waals surface area contributed by atoms with Gasteiger partial charge in [-0.05, 0) is 37.3 Å². The van der Waals surface area contributed by atoms with Crippen molar-refractivity contribution in [3.05, 3.63) is 29.3 Å². The summed E-state index contributed by atoms with van der Waals surface area (Å²) in [5.41, 5.74) is 0.637. The summed E-state index contributed by atoms with van der Waals surface area (Å²) in [7, 11) is 0. The molecule has 1 aliphatic heterocycles. The van der Waals surface area contributed by atoms with E-state index in [-0.39, 0.29) is 12.6 Å². The minimum atomic E-state index is -0.115. The highest BCUT2D eigenvalue weighted by Crippen LogP contribution is 2.23. The Kier molecular flexibility index (Phi) is 5.05. The summed E-state index contributed by atoms with van der Waals surface area (Å²) >= 11 is 6.02. The zero-order valence-corrected chi connectivity index (χ0v) is 11.6. The lowest BCUT2D eigenvalue weighted by atomic mass is 9.95. The number of nitrogens with one attached hydrogen (secondary N) is 1. The lowest BCUT2D eigenvalue weighted by molar-refractivity contribution is 0.159. The van der Waals surface area contributed by atoms with Gasteiger partial charge in [0.2, 0.25) is 0 Å². The van der Waals surface area contributed by atoms with Gasteiger partial charge in [-0.25, -0.2) is 4.79 Å². The molecule has 1 fully saturated rings. The molecule has 5 heteroatoms. The minimum Gasteiger partial charge on any atom is -0.396 e. The topological polar surface area (TPSA) is 52.6 Å². The van der Waals surface area contributed by atoms with Gasteiger partial charge in [-0.15, -0.1) is 0 Å². The summed E-state index contributed by atoms with van der Waals surface area (Å²) in [6.45, 7) is 1.65. The molecule has 104 valence electrons. The van der Waals surface area contributed by atoms with Crippen molar-refractivity contribution in [2.45, 2.75) is 19.3 Å². The van der Waals surface area contributed by atoms with Gasteiger partial charge in [-0.1, -0.05) is 23.7 Å². The highest BCUT2D eigenvalue weighted by molar-refractivity contribution is 6.33. The number of hydrogen-bond donors (Lipinski definition) is 2. The molecule has 0 spiro atoms. The second kappa shape index (κ2) is 6.78. The Hall–Kier alpha value is -1.26. The van der Waals surface area contributed by atoms with Crippen LogP contribution in [0.2, 0.25) is 5.02 Å². The number of aliphatic hydroxyl groups excluding tert-OH is 1. The number of carbonyl (C=O) groups is 1. The third-order valence-corrected chi connectivity index (χ3v) is 3.79. The van der Waals surface area contributed by atoms with E-state index in [0.717, 1.165) is 25.8 Å². The smallest absolute Gasteiger partial charge is 0.321 e. The van der Waals surface area contributed by atoms with Crippen molar-refractivity contribution in [1.82, 2.24) is 4.90 Å². The molecule has 1 atom stereocenters. The zero-order valence-electron chi connectivity index (χ0n) is 10.8. The Morgan fingerprint density at radius 2 is 2.26 bits per heavy atom. The van der Waals surface area contributed by atoms with E-state index in [2.05, 4.69) is 5.32 Å². The van der Waals surface area contributed by atoms with Crippen molar-refractivity contribution in [2.24, 2.45) is 5.92 Å². The molecule has 1 saturated heterocycles. The molecule has 0 bridgehead atoms. The highest BCUT2D eigenvalue weighted by Gasteiger charge is 2.23. The highest BCUT2D eigenvalue weighted by atomic mass is 35.5. The number of piperidine rings is 1. The Bertz CT molecular complexity index is 437. The first-order chi connectivity index (χ1) is 9.20. The fraction of sp³-hybridized carbons (Fsp3) is 0.500. The summed E-state index contributed by atoms with van der Waals surface area (Å²) in [5, 5.41) is 12.4. The second-order valence-electron chi connectivity index (χ2n) is 4.88. The van der Waals surface area contributed by atoms with E-state index in [9.17, 15) is 4.79 Å². The van der Waals surface area contributed by atoms with Crippen LogP contribution in [-0.4, -0.2) is 35.7 Å². The number of aliphatic hydroxyl groups is 1. The number of likely N-dealkylation sites (tertiary alicyclic amines) is 1. The molecule has 1 aromatic carbocycles. The number of amides is 2. The van der Waals surface area contributed by atoms with Crippen molar-refractivity contribution >= 4 is 23.3 Å². The second-order valence-corrected chi connectivity index (χ2v) is 5.28. The number of anilines is 1. The van der Waals surface area contributed by atoms with Crippen LogP contribution in [0, 0.1) is 5.92 Å². The third-order valence-electron chi connectivity index (χ3n) is 3.46. The predicted octanol–water partition coefficient (Wildman–Crippen LogP) is 2.97. The number of halogens is 1. The van der Waals surface area contributed by atoms with Crippen LogP contribution in [0.15, 0.2) is 24.3 Å². The summed E-state index contributed by atoms with van der Waals surface area (Å²) in [6.07, 6.45) is 2.83. The lowest BCUT2D eigenvalue weighted by Crippen LogP contribution is -2.42. The van der Waals surface area contributed by atoms with Crippen LogP contribution in [0.1, 0.15) is 19.3 Å². The Labute approximate surface area is 118 Å². The molecule has 1 unspecified atom stereocenters. The van der Waals surface area contributed by atoms with Crippen LogP contribution in [0.25, 0.3) is 0 Å². The normalized spacial score (nSPS) is 19.3. The number of benzene rings is 1. The minimum absolute atomic E-state index is 0.115. The zero-order chi connectivity index (χ0) is 13.7. The first-order valence-corrected chi connectivity index (χ1v) is 7.00. The first-order valence-electron chi connectivity index (χ1n) is 6.62. The maximum Gasteiger partial charge on any atom is 0.321 e. The fourth-order valence-corrected chi connectivity index (χ4v) is 2.61. The Balaban J connectivity index is 1.94. The van der Waals surface area contributed by atoms with Crippen LogP contribution in [-0.2, 0) is 0 Å². The van der Waals surface area contributed by atoms with E-state index >= 15 is 0 Å². The SMILES string of the molecule is O=C(Nc1ccccc1Cl)N1CCCC(CCO)C1. The number of para-hydroxylation sites is 1. The molecule has 0 aromatic heterocycles. The molecule has 1 aliphatic rings. The van der Waals surface area contributed by atoms with E-state index < -0.39 is 0 Å². The predicted molar refractivity (Wildman–Crippen MR) is 76.5 cm³/mol. The molecule has 19 heavy (non-hydrogen) atoms. The quantitative estimate of drug-likeness (QED) is 0.895. The standard InChI is InChI=1S/C14H19ClN2O2/c15-12-5-1-2-6-13(12)16-14(19)17-8-3-4-11(10-17)7-9-18/h1-2,5-6,11,18H,3-4,7-10H2,(H,16,19). The maximum absolute atomic E-state index is 12.2. The summed E-state index contributed by atoms with van der Waals surface area (Å²) < 4.78 is 0. The van der Waals surface area contributed by atoms with Gasteiger partial charge in [-0.3, -0.25) is 0 Å². The van der Waals surface area contributed by atoms with E-state index in [1.165, 1.54) is 0 Å². The summed E-state index contributed by atoms with van der Waals surface area (Å²) in [5.74, 6) is 0.399. The molecule has 1 heterocycles. The molecule has 4 nitrogen and oxygen atoms in total. The van der Waals surface area contributed by atoms with Gasteiger partial charge in [0.15, 0.2) is 0 Å². The molecule has 2 rings (SSSR count). The summed E-state index contributed by atoms with van der Waals surface area (Å²) in [6, 6.07) is 7.09. The average Bonchev–Trinajstić information content (AvgIpc) is 2.42. The number of urea groups is 1. The Morgan fingerprint density at radius 1 is 1.47 bits per heavy atom. The molecule has 2 amide bonds. The molecule has 2 N–H and O–H groups in total. The van der Waals surface area contributed by atoms with Crippen molar-refractivity contribution in [3.63, 3.8) is 0 Å². The third kappa shape index (κ3) is 3.85. The number of carbonyl (C=O) groups excluding carboxylic acids is 1. The van der Waals surface area contributed by atoms with Gasteiger partial charge in [0, 0.05) is 19.7 Å². The molecule has 0 radical (unpaired) electrons. The van der Waals surface area contributed by atoms with Crippen LogP contribution in [0.5, 0.6) is 0 Å². The van der Waals surface area contributed by atoms with Crippen molar-refractivity contribution in [3.8, 4) is 0 Å². The fourth-order valence-electron chi connectivity index (χ4n) is 2.42. The molecule has 0 aliphatic carbocycles. The van der Waals surface area contributed by atoms with Crippen LogP contribution < -0.4 is 5.32 Å². The molecule has 1 aromatic rings. The first kappa shape index (κ1) is 14.2. The maximum atomic E-state index is 12.2. The van der Waals surface area contributed by atoms with E-state index in [1.54, 1.807) is 17.0 Å². The van der Waals surface area contributed by atoms with Crippen molar-refractivity contribution in [2.75, 3.05) is 25.0 Å². The van der Waals surface area contributed by atoms with Crippen LogP contribution >= 0.6 is 11.6 Å². The largest absolute Gasteiger partial charge is 0.396 e. The van der Waals surface area contributed by atoms with Gasteiger partial charge in [-0.2, -0.15) is 0 Å². The Morgan fingerprint density at radius 3 is 3.00 bits per heavy atom. The van der Waals surface area contributed by atoms with Gasteiger partial charge in [0.25, 0.3) is 0 Å². The molecular formula is C14H19ClN2O2. The monoisotopic (exact) mass is 282 g/mol. The van der Waals surface area contributed by atoms with Crippen molar-refractivity contribution in [1.29, 1.82) is 0 Å². The van der Waals surface area contributed by atoms with E-state index in [1.807, 2.05) is 12.1 Å². The molecular weight excluding hydrogens is 264 g/mol. The van der Waals surface area contributed by atoms with E-state index in [4.69, 9.17) is 16.7 Å². The van der Waals surface area contributed by atoms with Crippen molar-refractivity contribution < 1.29 is 9.90 Å². The summed E-state index contributed by atoms with van der Waals surface area (Å²) in [4.78, 5) is 14.0. The van der Waals surface area contributed by atoms with Gasteiger partial charge in [0.1, 0.15) is 0 Å².